The Bertz CT molecular complexity index is 595. The number of hydrogen-bond donors (Lipinski definition) is 2. The minimum absolute atomic E-state index is 0.139. The van der Waals surface area contributed by atoms with Gasteiger partial charge in [-0.2, -0.15) is 0 Å². The molecule has 0 radical (unpaired) electrons. The minimum Gasteiger partial charge on any atom is -0.394 e. The van der Waals surface area contributed by atoms with Crippen molar-refractivity contribution >= 4 is 16.5 Å². The SMILES string of the molecule is CC1CCCC(CO)(Nc2ccc3ccccc3c2)C1. The number of rotatable bonds is 3. The van der Waals surface area contributed by atoms with Crippen LogP contribution in [0.25, 0.3) is 10.8 Å². The Hall–Kier alpha value is -1.54. The van der Waals surface area contributed by atoms with E-state index >= 15 is 0 Å². The summed E-state index contributed by atoms with van der Waals surface area (Å²) in [6.07, 6.45) is 4.58. The van der Waals surface area contributed by atoms with Gasteiger partial charge in [0.25, 0.3) is 0 Å². The first kappa shape index (κ1) is 13.4. The first-order chi connectivity index (χ1) is 9.71. The Balaban J connectivity index is 1.87. The van der Waals surface area contributed by atoms with Crippen LogP contribution in [0, 0.1) is 5.92 Å². The predicted molar refractivity (Wildman–Crippen MR) is 85.0 cm³/mol. The van der Waals surface area contributed by atoms with E-state index in [1.807, 2.05) is 0 Å². The van der Waals surface area contributed by atoms with Crippen LogP contribution in [0.3, 0.4) is 0 Å². The number of anilines is 1. The van der Waals surface area contributed by atoms with Crippen LogP contribution in [0.5, 0.6) is 0 Å². The summed E-state index contributed by atoms with van der Waals surface area (Å²) in [4.78, 5) is 0. The van der Waals surface area contributed by atoms with Gasteiger partial charge in [-0.3, -0.25) is 0 Å². The van der Waals surface area contributed by atoms with Gasteiger partial charge >= 0.3 is 0 Å². The lowest BCUT2D eigenvalue weighted by Crippen LogP contribution is -2.45. The Morgan fingerprint density at radius 3 is 2.75 bits per heavy atom. The van der Waals surface area contributed by atoms with Crippen LogP contribution in [0.1, 0.15) is 32.6 Å². The highest BCUT2D eigenvalue weighted by Crippen LogP contribution is 2.35. The van der Waals surface area contributed by atoms with E-state index in [4.69, 9.17) is 0 Å². The van der Waals surface area contributed by atoms with Crippen LogP contribution in [0.15, 0.2) is 42.5 Å². The van der Waals surface area contributed by atoms with Crippen molar-refractivity contribution in [2.75, 3.05) is 11.9 Å². The van der Waals surface area contributed by atoms with E-state index in [2.05, 4.69) is 54.7 Å². The summed E-state index contributed by atoms with van der Waals surface area (Å²) >= 11 is 0. The largest absolute Gasteiger partial charge is 0.394 e. The van der Waals surface area contributed by atoms with Crippen molar-refractivity contribution in [2.24, 2.45) is 5.92 Å². The van der Waals surface area contributed by atoms with Crippen molar-refractivity contribution in [1.29, 1.82) is 0 Å². The van der Waals surface area contributed by atoms with Crippen LogP contribution < -0.4 is 5.32 Å². The Kier molecular flexibility index (Phi) is 3.66. The van der Waals surface area contributed by atoms with Gasteiger partial charge in [0.15, 0.2) is 0 Å². The third kappa shape index (κ3) is 2.66. The number of fused-ring (bicyclic) bond motifs is 1. The lowest BCUT2D eigenvalue weighted by Gasteiger charge is -2.40. The fraction of sp³-hybridized carbons (Fsp3) is 0.444. The van der Waals surface area contributed by atoms with Gasteiger partial charge in [0.1, 0.15) is 0 Å². The number of aliphatic hydroxyl groups excluding tert-OH is 1. The van der Waals surface area contributed by atoms with Gasteiger partial charge in [-0.05, 0) is 41.7 Å². The molecule has 0 spiro atoms. The number of nitrogens with one attached hydrogen (secondary N) is 1. The molecule has 0 aliphatic heterocycles. The molecule has 1 aliphatic carbocycles. The highest BCUT2D eigenvalue weighted by atomic mass is 16.3. The molecule has 2 aromatic carbocycles. The molecule has 0 aromatic heterocycles. The molecule has 0 amide bonds. The van der Waals surface area contributed by atoms with Crippen LogP contribution in [-0.2, 0) is 0 Å². The normalized spacial score (nSPS) is 26.6. The van der Waals surface area contributed by atoms with E-state index in [-0.39, 0.29) is 12.1 Å². The molecule has 106 valence electrons. The summed E-state index contributed by atoms with van der Waals surface area (Å²) in [7, 11) is 0. The lowest BCUT2D eigenvalue weighted by molar-refractivity contribution is 0.149. The number of hydrogen-bond acceptors (Lipinski definition) is 2. The van der Waals surface area contributed by atoms with E-state index in [9.17, 15) is 5.11 Å². The summed E-state index contributed by atoms with van der Waals surface area (Å²) in [5, 5.41) is 16.0. The quantitative estimate of drug-likeness (QED) is 0.875. The van der Waals surface area contributed by atoms with Crippen molar-refractivity contribution in [2.45, 2.75) is 38.1 Å². The van der Waals surface area contributed by atoms with Gasteiger partial charge in [-0.15, -0.1) is 0 Å². The monoisotopic (exact) mass is 269 g/mol. The fourth-order valence-electron chi connectivity index (χ4n) is 3.53. The highest BCUT2D eigenvalue weighted by molar-refractivity contribution is 5.85. The number of benzene rings is 2. The Morgan fingerprint density at radius 1 is 1.20 bits per heavy atom. The molecule has 3 rings (SSSR count). The Morgan fingerprint density at radius 2 is 2.00 bits per heavy atom. The van der Waals surface area contributed by atoms with Crippen molar-refractivity contribution < 1.29 is 5.11 Å². The van der Waals surface area contributed by atoms with E-state index in [0.717, 1.165) is 18.5 Å². The van der Waals surface area contributed by atoms with Crippen molar-refractivity contribution in [3.8, 4) is 0 Å². The molecule has 0 bridgehead atoms. The van der Waals surface area contributed by atoms with Crippen molar-refractivity contribution in [1.82, 2.24) is 0 Å². The molecule has 2 atom stereocenters. The van der Waals surface area contributed by atoms with E-state index in [1.54, 1.807) is 0 Å². The zero-order valence-electron chi connectivity index (χ0n) is 12.1. The smallest absolute Gasteiger partial charge is 0.0661 e. The van der Waals surface area contributed by atoms with E-state index in [0.29, 0.717) is 5.92 Å². The summed E-state index contributed by atoms with van der Waals surface area (Å²) in [5.74, 6) is 0.684. The molecule has 20 heavy (non-hydrogen) atoms. The summed E-state index contributed by atoms with van der Waals surface area (Å²) in [5.41, 5.74) is 0.979. The van der Waals surface area contributed by atoms with Gasteiger partial charge in [0, 0.05) is 5.69 Å². The highest BCUT2D eigenvalue weighted by Gasteiger charge is 2.34. The van der Waals surface area contributed by atoms with Gasteiger partial charge in [0.2, 0.25) is 0 Å². The molecular weight excluding hydrogens is 246 g/mol. The molecule has 2 heteroatoms. The zero-order chi connectivity index (χ0) is 14.0. The standard InChI is InChI=1S/C18H23NO/c1-14-5-4-10-18(12-14,13-20)19-17-9-8-15-6-2-3-7-16(15)11-17/h2-3,6-9,11,14,19-20H,4-5,10,12-13H2,1H3. The average molecular weight is 269 g/mol. The van der Waals surface area contributed by atoms with Gasteiger partial charge < -0.3 is 10.4 Å². The lowest BCUT2D eigenvalue weighted by atomic mass is 9.76. The van der Waals surface area contributed by atoms with Crippen LogP contribution in [-0.4, -0.2) is 17.3 Å². The molecule has 1 aliphatic rings. The zero-order valence-corrected chi connectivity index (χ0v) is 12.1. The molecule has 2 unspecified atom stereocenters. The maximum Gasteiger partial charge on any atom is 0.0661 e. The fourth-order valence-corrected chi connectivity index (χ4v) is 3.53. The Labute approximate surface area is 120 Å². The molecule has 2 aromatic rings. The molecule has 0 heterocycles. The molecule has 2 nitrogen and oxygen atoms in total. The minimum atomic E-state index is -0.139. The third-order valence-electron chi connectivity index (χ3n) is 4.55. The number of aliphatic hydroxyl groups is 1. The molecular formula is C18H23NO. The maximum atomic E-state index is 9.87. The second-order valence-electron chi connectivity index (χ2n) is 6.33. The topological polar surface area (TPSA) is 32.3 Å². The molecule has 1 saturated carbocycles. The van der Waals surface area contributed by atoms with Crippen LogP contribution >= 0.6 is 0 Å². The first-order valence-electron chi connectivity index (χ1n) is 7.59. The van der Waals surface area contributed by atoms with Crippen molar-refractivity contribution in [3.05, 3.63) is 42.5 Å². The summed E-state index contributed by atoms with van der Waals surface area (Å²) in [6, 6.07) is 14.9. The predicted octanol–water partition coefficient (Wildman–Crippen LogP) is 4.19. The third-order valence-corrected chi connectivity index (χ3v) is 4.55. The van der Waals surface area contributed by atoms with Gasteiger partial charge in [0.05, 0.1) is 12.1 Å². The second-order valence-corrected chi connectivity index (χ2v) is 6.33. The average Bonchev–Trinajstić information content (AvgIpc) is 2.47. The van der Waals surface area contributed by atoms with E-state index < -0.39 is 0 Å². The van der Waals surface area contributed by atoms with E-state index in [1.165, 1.54) is 23.6 Å². The summed E-state index contributed by atoms with van der Waals surface area (Å²) < 4.78 is 0. The molecule has 2 N–H and O–H groups in total. The molecule has 0 saturated heterocycles. The molecule has 1 fully saturated rings. The van der Waals surface area contributed by atoms with Crippen molar-refractivity contribution in [3.63, 3.8) is 0 Å². The second kappa shape index (κ2) is 5.45. The van der Waals surface area contributed by atoms with Gasteiger partial charge in [-0.25, -0.2) is 0 Å². The first-order valence-corrected chi connectivity index (χ1v) is 7.59. The maximum absolute atomic E-state index is 9.87. The summed E-state index contributed by atoms with van der Waals surface area (Å²) in [6.45, 7) is 2.50. The van der Waals surface area contributed by atoms with Gasteiger partial charge in [-0.1, -0.05) is 50.1 Å². The van der Waals surface area contributed by atoms with Crippen LogP contribution in [0.4, 0.5) is 5.69 Å². The van der Waals surface area contributed by atoms with Crippen LogP contribution in [0.2, 0.25) is 0 Å².